The van der Waals surface area contributed by atoms with Crippen molar-refractivity contribution in [1.82, 2.24) is 9.97 Å². The maximum atomic E-state index is 12.1. The Labute approximate surface area is 188 Å². The first-order chi connectivity index (χ1) is 14.9. The van der Waals surface area contributed by atoms with Crippen LogP contribution in [0.25, 0.3) is 0 Å². The first-order valence-corrected chi connectivity index (χ1v) is 9.85. The van der Waals surface area contributed by atoms with Gasteiger partial charge < -0.3 is 14.8 Å². The molecular weight excluding hydrogens is 443 g/mol. The first-order valence-electron chi connectivity index (χ1n) is 9.09. The molecule has 2 amide bonds. The van der Waals surface area contributed by atoms with E-state index in [-0.39, 0.29) is 25.1 Å². The highest BCUT2D eigenvalue weighted by molar-refractivity contribution is 6.30. The largest absolute Gasteiger partial charge is 0.484 e. The van der Waals surface area contributed by atoms with E-state index >= 15 is 0 Å². The predicted molar refractivity (Wildman–Crippen MR) is 118 cm³/mol. The number of aromatic nitrogens is 2. The summed E-state index contributed by atoms with van der Waals surface area (Å²) >= 11 is 11.6. The number of anilines is 2. The zero-order chi connectivity index (χ0) is 22.2. The van der Waals surface area contributed by atoms with Gasteiger partial charge in [0.1, 0.15) is 11.5 Å². The number of aryl methyl sites for hydroxylation is 1. The molecule has 0 fully saturated rings. The molecule has 1 heterocycles. The molecule has 2 aromatic carbocycles. The topological polar surface area (TPSA) is 102 Å². The van der Waals surface area contributed by atoms with Gasteiger partial charge in [-0.05, 0) is 55.5 Å². The van der Waals surface area contributed by atoms with Gasteiger partial charge in [-0.25, -0.2) is 9.97 Å². The van der Waals surface area contributed by atoms with Gasteiger partial charge in [-0.3, -0.25) is 14.9 Å². The Morgan fingerprint density at radius 3 is 1.81 bits per heavy atom. The Bertz CT molecular complexity index is 1060. The van der Waals surface area contributed by atoms with Gasteiger partial charge in [0.2, 0.25) is 5.95 Å². The molecule has 0 radical (unpaired) electrons. The molecule has 3 aromatic rings. The van der Waals surface area contributed by atoms with Crippen LogP contribution in [0, 0.1) is 6.92 Å². The summed E-state index contributed by atoms with van der Waals surface area (Å²) in [5, 5.41) is 6.35. The van der Waals surface area contributed by atoms with Gasteiger partial charge in [-0.15, -0.1) is 0 Å². The molecule has 10 heteroatoms. The molecule has 0 aliphatic heterocycles. The van der Waals surface area contributed by atoms with Gasteiger partial charge in [0, 0.05) is 10.0 Å². The summed E-state index contributed by atoms with van der Waals surface area (Å²) in [6.07, 6.45) is 1.40. The summed E-state index contributed by atoms with van der Waals surface area (Å²) in [5.41, 5.74) is 0.879. The molecule has 0 atom stereocenters. The van der Waals surface area contributed by atoms with Crippen molar-refractivity contribution in [3.8, 4) is 11.5 Å². The van der Waals surface area contributed by atoms with E-state index < -0.39 is 5.91 Å². The van der Waals surface area contributed by atoms with Crippen molar-refractivity contribution in [2.75, 3.05) is 23.8 Å². The van der Waals surface area contributed by atoms with Gasteiger partial charge >= 0.3 is 0 Å². The number of benzene rings is 2. The second kappa shape index (κ2) is 10.6. The number of nitrogens with one attached hydrogen (secondary N) is 2. The first kappa shape index (κ1) is 22.3. The number of carbonyl (C=O) groups excluding carboxylic acids is 2. The zero-order valence-electron chi connectivity index (χ0n) is 16.4. The van der Waals surface area contributed by atoms with E-state index in [2.05, 4.69) is 20.6 Å². The highest BCUT2D eigenvalue weighted by Gasteiger charge is 2.11. The summed E-state index contributed by atoms with van der Waals surface area (Å²) < 4.78 is 10.8. The number of rotatable bonds is 8. The molecule has 0 unspecified atom stereocenters. The van der Waals surface area contributed by atoms with E-state index in [1.165, 1.54) is 6.20 Å². The maximum Gasteiger partial charge on any atom is 0.264 e. The zero-order valence-corrected chi connectivity index (χ0v) is 17.9. The van der Waals surface area contributed by atoms with E-state index in [9.17, 15) is 9.59 Å². The quantitative estimate of drug-likeness (QED) is 0.523. The van der Waals surface area contributed by atoms with Gasteiger partial charge in [-0.2, -0.15) is 0 Å². The third-order valence-electron chi connectivity index (χ3n) is 3.87. The van der Waals surface area contributed by atoms with Crippen molar-refractivity contribution in [3.63, 3.8) is 0 Å². The van der Waals surface area contributed by atoms with E-state index in [1.807, 2.05) is 0 Å². The predicted octanol–water partition coefficient (Wildman–Crippen LogP) is 4.13. The van der Waals surface area contributed by atoms with Crippen LogP contribution in [-0.2, 0) is 9.59 Å². The van der Waals surface area contributed by atoms with Crippen molar-refractivity contribution < 1.29 is 19.1 Å². The Kier molecular flexibility index (Phi) is 7.64. The number of ether oxygens (including phenoxy) is 2. The lowest BCUT2D eigenvalue weighted by Crippen LogP contribution is -2.23. The van der Waals surface area contributed by atoms with E-state index in [0.717, 1.165) is 0 Å². The standard InChI is InChI=1S/C21H18Cl2N4O4/c1-13-18(26-19(28)11-30-16-6-2-14(22)3-7-16)10-24-21(25-13)27-20(29)12-31-17-8-4-15(23)5-9-17/h2-10H,11-12H2,1H3,(H,26,28)(H,24,25,27,29). The average molecular weight is 461 g/mol. The number of hydrogen-bond donors (Lipinski definition) is 2. The molecule has 0 aliphatic rings. The van der Waals surface area contributed by atoms with Crippen molar-refractivity contribution >= 4 is 46.7 Å². The molecular formula is C21H18Cl2N4O4. The molecule has 2 N–H and O–H groups in total. The minimum atomic E-state index is -0.428. The number of carbonyl (C=O) groups is 2. The number of halogens is 2. The number of nitrogens with zero attached hydrogens (tertiary/aromatic N) is 2. The fourth-order valence-electron chi connectivity index (χ4n) is 2.36. The van der Waals surface area contributed by atoms with Gasteiger partial charge in [-0.1, -0.05) is 23.2 Å². The lowest BCUT2D eigenvalue weighted by atomic mass is 10.3. The van der Waals surface area contributed by atoms with Crippen LogP contribution in [0.4, 0.5) is 11.6 Å². The van der Waals surface area contributed by atoms with E-state index in [0.29, 0.717) is 32.9 Å². The van der Waals surface area contributed by atoms with Gasteiger partial charge in [0.25, 0.3) is 11.8 Å². The second-order valence-electron chi connectivity index (χ2n) is 6.27. The minimum Gasteiger partial charge on any atom is -0.484 e. The van der Waals surface area contributed by atoms with E-state index in [4.69, 9.17) is 32.7 Å². The molecule has 0 saturated heterocycles. The van der Waals surface area contributed by atoms with Crippen LogP contribution >= 0.6 is 23.2 Å². The summed E-state index contributed by atoms with van der Waals surface area (Å²) in [5.74, 6) is 0.317. The molecule has 31 heavy (non-hydrogen) atoms. The van der Waals surface area contributed by atoms with Crippen molar-refractivity contribution in [2.24, 2.45) is 0 Å². The minimum absolute atomic E-state index is 0.0950. The SMILES string of the molecule is Cc1nc(NC(=O)COc2ccc(Cl)cc2)ncc1NC(=O)COc1ccc(Cl)cc1. The highest BCUT2D eigenvalue weighted by atomic mass is 35.5. The van der Waals surface area contributed by atoms with Crippen LogP contribution in [0.2, 0.25) is 10.0 Å². The molecule has 1 aromatic heterocycles. The Morgan fingerprint density at radius 2 is 1.32 bits per heavy atom. The summed E-state index contributed by atoms with van der Waals surface area (Å²) in [7, 11) is 0. The molecule has 0 spiro atoms. The lowest BCUT2D eigenvalue weighted by molar-refractivity contribution is -0.118. The highest BCUT2D eigenvalue weighted by Crippen LogP contribution is 2.17. The third-order valence-corrected chi connectivity index (χ3v) is 4.38. The Morgan fingerprint density at radius 1 is 0.839 bits per heavy atom. The molecule has 0 bridgehead atoms. The number of hydrogen-bond acceptors (Lipinski definition) is 6. The van der Waals surface area contributed by atoms with Crippen LogP contribution in [0.15, 0.2) is 54.7 Å². The lowest BCUT2D eigenvalue weighted by Gasteiger charge is -2.11. The van der Waals surface area contributed by atoms with Crippen molar-refractivity contribution in [3.05, 3.63) is 70.5 Å². The van der Waals surface area contributed by atoms with Crippen LogP contribution in [0.3, 0.4) is 0 Å². The van der Waals surface area contributed by atoms with Crippen molar-refractivity contribution in [1.29, 1.82) is 0 Å². The van der Waals surface area contributed by atoms with Crippen LogP contribution in [0.5, 0.6) is 11.5 Å². The van der Waals surface area contributed by atoms with Crippen LogP contribution in [0.1, 0.15) is 5.69 Å². The Hall–Kier alpha value is -3.36. The fraction of sp³-hybridized carbons (Fsp3) is 0.143. The summed E-state index contributed by atoms with van der Waals surface area (Å²) in [4.78, 5) is 32.3. The van der Waals surface area contributed by atoms with Crippen LogP contribution < -0.4 is 20.1 Å². The number of amides is 2. The summed E-state index contributed by atoms with van der Waals surface area (Å²) in [6.45, 7) is 1.27. The van der Waals surface area contributed by atoms with E-state index in [1.54, 1.807) is 55.5 Å². The Balaban J connectivity index is 1.48. The van der Waals surface area contributed by atoms with Crippen LogP contribution in [-0.4, -0.2) is 35.0 Å². The fourth-order valence-corrected chi connectivity index (χ4v) is 2.61. The second-order valence-corrected chi connectivity index (χ2v) is 7.15. The average Bonchev–Trinajstić information content (AvgIpc) is 2.75. The normalized spacial score (nSPS) is 10.3. The van der Waals surface area contributed by atoms with Crippen molar-refractivity contribution in [2.45, 2.75) is 6.92 Å². The summed E-state index contributed by atoms with van der Waals surface area (Å²) in [6, 6.07) is 13.3. The molecule has 8 nitrogen and oxygen atoms in total. The molecule has 3 rings (SSSR count). The van der Waals surface area contributed by atoms with Gasteiger partial charge in [0.15, 0.2) is 13.2 Å². The molecule has 0 saturated carbocycles. The monoisotopic (exact) mass is 460 g/mol. The third kappa shape index (κ3) is 7.13. The van der Waals surface area contributed by atoms with Gasteiger partial charge in [0.05, 0.1) is 17.6 Å². The smallest absolute Gasteiger partial charge is 0.264 e. The maximum absolute atomic E-state index is 12.1. The molecule has 0 aliphatic carbocycles. The molecule has 160 valence electrons.